The van der Waals surface area contributed by atoms with Crippen molar-refractivity contribution in [3.8, 4) is 17.2 Å². The van der Waals surface area contributed by atoms with Gasteiger partial charge in [-0.15, -0.1) is 0 Å². The zero-order chi connectivity index (χ0) is 18.0. The lowest BCUT2D eigenvalue weighted by atomic mass is 9.96. The first-order valence-corrected chi connectivity index (χ1v) is 8.10. The monoisotopic (exact) mass is 333 g/mol. The molecule has 0 aromatic heterocycles. The molecule has 0 radical (unpaired) electrons. The molecule has 0 heterocycles. The molecule has 25 heavy (non-hydrogen) atoms. The van der Waals surface area contributed by atoms with Crippen LogP contribution in [0.5, 0.6) is 0 Å². The van der Waals surface area contributed by atoms with Crippen molar-refractivity contribution in [2.75, 3.05) is 13.2 Å². The smallest absolute Gasteiger partial charge is 0.349 e. The van der Waals surface area contributed by atoms with Crippen LogP contribution in [0.25, 0.3) is 16.7 Å². The van der Waals surface area contributed by atoms with Crippen LogP contribution in [-0.2, 0) is 9.53 Å². The molecule has 0 saturated heterocycles. The molecule has 1 aliphatic rings. The molecule has 2 aromatic rings. The summed E-state index contributed by atoms with van der Waals surface area (Å²) in [5.74, 6) is -0.662. The van der Waals surface area contributed by atoms with Crippen molar-refractivity contribution in [2.45, 2.75) is 13.8 Å². The Kier molecular flexibility index (Phi) is 4.43. The van der Waals surface area contributed by atoms with Crippen LogP contribution in [0.1, 0.15) is 25.0 Å². The van der Waals surface area contributed by atoms with Crippen LogP contribution in [0.4, 0.5) is 0 Å². The number of aliphatic hydroxyl groups excluding tert-OH is 1. The number of carbonyl (C=O) groups excluding carboxylic acids is 1. The zero-order valence-corrected chi connectivity index (χ0v) is 14.2. The van der Waals surface area contributed by atoms with E-state index in [0.717, 1.165) is 22.3 Å². The van der Waals surface area contributed by atoms with E-state index < -0.39 is 11.4 Å². The van der Waals surface area contributed by atoms with Crippen molar-refractivity contribution in [1.82, 2.24) is 0 Å². The number of nitrogens with zero attached hydrogens (tertiary/aromatic N) is 1. The average molecular weight is 333 g/mol. The predicted molar refractivity (Wildman–Crippen MR) is 95.3 cm³/mol. The number of hydrogen-bond acceptors (Lipinski definition) is 4. The van der Waals surface area contributed by atoms with Gasteiger partial charge in [-0.1, -0.05) is 62.4 Å². The fraction of sp³-hybridized carbons (Fsp3) is 0.238. The Bertz CT molecular complexity index is 856. The number of ether oxygens (including phenoxy) is 1. The maximum atomic E-state index is 12.6. The van der Waals surface area contributed by atoms with Crippen molar-refractivity contribution >= 4 is 11.5 Å². The minimum atomic E-state index is -0.662. The summed E-state index contributed by atoms with van der Waals surface area (Å²) in [6.07, 6.45) is 0. The highest BCUT2D eigenvalue weighted by Gasteiger charge is 2.29. The Labute approximate surface area is 147 Å². The fourth-order valence-electron chi connectivity index (χ4n) is 2.87. The predicted octanol–water partition coefficient (Wildman–Crippen LogP) is 3.55. The summed E-state index contributed by atoms with van der Waals surface area (Å²) < 4.78 is 5.31. The first-order valence-electron chi connectivity index (χ1n) is 8.10. The van der Waals surface area contributed by atoms with Crippen LogP contribution in [0.15, 0.2) is 54.1 Å². The summed E-state index contributed by atoms with van der Waals surface area (Å²) in [5.41, 5.74) is 3.78. The summed E-state index contributed by atoms with van der Waals surface area (Å²) in [4.78, 5) is 12.6. The SMILES string of the molecule is CC(C)(CO)COC(=O)C(C#N)=C1c2ccccc2-c2ccccc21. The Balaban J connectivity index is 2.08. The van der Waals surface area contributed by atoms with Crippen molar-refractivity contribution in [3.05, 3.63) is 65.2 Å². The molecule has 0 spiro atoms. The summed E-state index contributed by atoms with van der Waals surface area (Å²) in [7, 11) is 0. The van der Waals surface area contributed by atoms with Crippen molar-refractivity contribution < 1.29 is 14.6 Å². The Morgan fingerprint density at radius 2 is 1.52 bits per heavy atom. The molecule has 1 aliphatic carbocycles. The normalized spacial score (nSPS) is 12.2. The molecule has 4 nitrogen and oxygen atoms in total. The number of benzene rings is 2. The molecule has 0 atom stereocenters. The Morgan fingerprint density at radius 1 is 1.04 bits per heavy atom. The van der Waals surface area contributed by atoms with Gasteiger partial charge in [0.1, 0.15) is 11.6 Å². The van der Waals surface area contributed by atoms with Crippen LogP contribution in [0.2, 0.25) is 0 Å². The van der Waals surface area contributed by atoms with Gasteiger partial charge in [0.2, 0.25) is 0 Å². The summed E-state index contributed by atoms with van der Waals surface area (Å²) in [6.45, 7) is 3.52. The number of carbonyl (C=O) groups is 1. The zero-order valence-electron chi connectivity index (χ0n) is 14.2. The molecule has 0 saturated carbocycles. The highest BCUT2D eigenvalue weighted by Crippen LogP contribution is 2.45. The molecular formula is C21H19NO3. The van der Waals surface area contributed by atoms with E-state index in [1.807, 2.05) is 54.6 Å². The molecule has 0 bridgehead atoms. The third-order valence-electron chi connectivity index (χ3n) is 4.27. The number of esters is 1. The lowest BCUT2D eigenvalue weighted by molar-refractivity contribution is -0.142. The molecule has 4 heteroatoms. The van der Waals surface area contributed by atoms with Crippen LogP contribution < -0.4 is 0 Å². The van der Waals surface area contributed by atoms with E-state index in [1.54, 1.807) is 13.8 Å². The third-order valence-corrected chi connectivity index (χ3v) is 4.27. The minimum Gasteiger partial charge on any atom is -0.461 e. The highest BCUT2D eigenvalue weighted by atomic mass is 16.5. The van der Waals surface area contributed by atoms with Crippen LogP contribution in [0.3, 0.4) is 0 Å². The fourth-order valence-corrected chi connectivity index (χ4v) is 2.87. The second kappa shape index (κ2) is 6.54. The second-order valence-electron chi connectivity index (χ2n) is 6.85. The topological polar surface area (TPSA) is 70.3 Å². The Hall–Kier alpha value is -2.90. The maximum absolute atomic E-state index is 12.6. The quantitative estimate of drug-likeness (QED) is 0.450. The van der Waals surface area contributed by atoms with E-state index in [4.69, 9.17) is 4.74 Å². The summed E-state index contributed by atoms with van der Waals surface area (Å²) in [6, 6.07) is 17.5. The van der Waals surface area contributed by atoms with E-state index in [2.05, 4.69) is 0 Å². The second-order valence-corrected chi connectivity index (χ2v) is 6.85. The van der Waals surface area contributed by atoms with Crippen molar-refractivity contribution in [1.29, 1.82) is 5.26 Å². The molecular weight excluding hydrogens is 314 g/mol. The van der Waals surface area contributed by atoms with Gasteiger partial charge in [-0.3, -0.25) is 0 Å². The molecule has 0 fully saturated rings. The number of nitriles is 1. The molecule has 0 amide bonds. The van der Waals surface area contributed by atoms with E-state index in [0.29, 0.717) is 5.57 Å². The van der Waals surface area contributed by atoms with Crippen molar-refractivity contribution in [2.24, 2.45) is 5.41 Å². The highest BCUT2D eigenvalue weighted by molar-refractivity contribution is 6.12. The molecule has 3 rings (SSSR count). The Morgan fingerprint density at radius 3 is 1.96 bits per heavy atom. The van der Waals surface area contributed by atoms with Gasteiger partial charge in [-0.05, 0) is 22.3 Å². The first-order chi connectivity index (χ1) is 12.0. The summed E-state index contributed by atoms with van der Waals surface area (Å²) in [5, 5.41) is 18.9. The van der Waals surface area contributed by atoms with E-state index >= 15 is 0 Å². The third kappa shape index (κ3) is 3.07. The number of aliphatic hydroxyl groups is 1. The van der Waals surface area contributed by atoms with Gasteiger partial charge < -0.3 is 9.84 Å². The van der Waals surface area contributed by atoms with Gasteiger partial charge in [-0.2, -0.15) is 5.26 Å². The average Bonchev–Trinajstić information content (AvgIpc) is 2.96. The van der Waals surface area contributed by atoms with Crippen molar-refractivity contribution in [3.63, 3.8) is 0 Å². The number of fused-ring (bicyclic) bond motifs is 3. The molecule has 0 aliphatic heterocycles. The summed E-state index contributed by atoms with van der Waals surface area (Å²) >= 11 is 0. The van der Waals surface area contributed by atoms with Gasteiger partial charge in [0, 0.05) is 11.0 Å². The molecule has 1 N–H and O–H groups in total. The van der Waals surface area contributed by atoms with Gasteiger partial charge >= 0.3 is 5.97 Å². The largest absolute Gasteiger partial charge is 0.461 e. The number of hydrogen-bond donors (Lipinski definition) is 1. The van der Waals surface area contributed by atoms with E-state index in [9.17, 15) is 15.2 Å². The molecule has 0 unspecified atom stereocenters. The van der Waals surface area contributed by atoms with Crippen LogP contribution in [-0.4, -0.2) is 24.3 Å². The van der Waals surface area contributed by atoms with Gasteiger partial charge in [0.25, 0.3) is 0 Å². The standard InChI is InChI=1S/C21H19NO3/c1-21(2,12-23)13-25-20(24)18(11-22)19-16-9-5-3-7-14(16)15-8-4-6-10-17(15)19/h3-10,23H,12-13H2,1-2H3. The van der Waals surface area contributed by atoms with Crippen LogP contribution in [0, 0.1) is 16.7 Å². The van der Waals surface area contributed by atoms with E-state index in [-0.39, 0.29) is 18.8 Å². The van der Waals surface area contributed by atoms with Gasteiger partial charge in [-0.25, -0.2) is 4.79 Å². The lowest BCUT2D eigenvalue weighted by Crippen LogP contribution is -2.26. The molecule has 126 valence electrons. The lowest BCUT2D eigenvalue weighted by Gasteiger charge is -2.21. The number of rotatable bonds is 4. The molecule has 2 aromatic carbocycles. The minimum absolute atomic E-state index is 0.00820. The first kappa shape index (κ1) is 16.9. The van der Waals surface area contributed by atoms with Crippen LogP contribution >= 0.6 is 0 Å². The van der Waals surface area contributed by atoms with Gasteiger partial charge in [0.15, 0.2) is 0 Å². The van der Waals surface area contributed by atoms with E-state index in [1.165, 1.54) is 0 Å². The van der Waals surface area contributed by atoms with Gasteiger partial charge in [0.05, 0.1) is 13.2 Å². The maximum Gasteiger partial charge on any atom is 0.349 e.